The van der Waals surface area contributed by atoms with Crippen LogP contribution in [0, 0.1) is 41.4 Å². The molecule has 7 rings (SSSR count). The second kappa shape index (κ2) is 23.1. The average molecular weight is 1050 g/mol. The van der Waals surface area contributed by atoms with Crippen molar-refractivity contribution in [3.05, 3.63) is 47.2 Å². The van der Waals surface area contributed by atoms with E-state index in [1.807, 2.05) is 34.9 Å². The second-order valence-corrected chi connectivity index (χ2v) is 24.0. The van der Waals surface area contributed by atoms with Gasteiger partial charge in [0.2, 0.25) is 6.41 Å². The van der Waals surface area contributed by atoms with Crippen molar-refractivity contribution in [2.75, 3.05) is 45.6 Å². The number of aliphatic hydroxyl groups excluding tert-OH is 3. The maximum atomic E-state index is 17.0. The largest absolute Gasteiger partial charge is 0.377 e. The first-order chi connectivity index (χ1) is 30.7. The molecule has 2 aliphatic carbocycles. The van der Waals surface area contributed by atoms with Crippen LogP contribution in [-0.4, -0.2) is 148 Å². The Hall–Kier alpha value is -0.200. The third-order valence-electron chi connectivity index (χ3n) is 16.4. The van der Waals surface area contributed by atoms with E-state index in [-0.39, 0.29) is 82.8 Å². The van der Waals surface area contributed by atoms with Gasteiger partial charge in [0.25, 0.3) is 0 Å². The highest BCUT2D eigenvalue weighted by Crippen LogP contribution is 2.55. The van der Waals surface area contributed by atoms with Gasteiger partial charge < -0.3 is 41.0 Å². The molecule has 0 aromatic rings. The van der Waals surface area contributed by atoms with Crippen molar-refractivity contribution >= 4 is 41.9 Å². The van der Waals surface area contributed by atoms with Gasteiger partial charge in [-0.25, -0.2) is 4.39 Å². The maximum absolute atomic E-state index is 17.0. The zero-order valence-electron chi connectivity index (χ0n) is 38.7. The molecular formula is C47H79FIN7O6S2. The van der Waals surface area contributed by atoms with E-state index in [9.17, 15) is 20.4 Å². The summed E-state index contributed by atoms with van der Waals surface area (Å²) in [7, 11) is 3.29. The molecule has 0 aromatic carbocycles. The summed E-state index contributed by atoms with van der Waals surface area (Å²) in [4.78, 5) is 6.17. The number of methoxy groups -OCH3 is 1. The van der Waals surface area contributed by atoms with E-state index in [1.165, 1.54) is 37.3 Å². The van der Waals surface area contributed by atoms with Crippen molar-refractivity contribution in [1.82, 2.24) is 31.1 Å². The Bertz CT molecular complexity index is 1650. The van der Waals surface area contributed by atoms with Crippen LogP contribution >= 0.6 is 41.9 Å². The molecule has 17 heteroatoms. The fourth-order valence-corrected chi connectivity index (χ4v) is 14.7. The molecule has 64 heavy (non-hydrogen) atoms. The molecule has 364 valence electrons. The first-order valence-corrected chi connectivity index (χ1v) is 28.5. The van der Waals surface area contributed by atoms with Crippen LogP contribution in [0.1, 0.15) is 85.5 Å². The Balaban J connectivity index is 1.03. The molecule has 0 saturated carbocycles. The number of fused-ring (bicyclic) bond motifs is 5. The summed E-state index contributed by atoms with van der Waals surface area (Å²) in [5.41, 5.74) is 8.04. The normalized spacial score (nSPS) is 37.4. The first-order valence-electron chi connectivity index (χ1n) is 24.1. The maximum Gasteiger partial charge on any atom is 0.213 e. The number of thioether (sulfide) groups is 1. The highest BCUT2D eigenvalue weighted by molar-refractivity contribution is 14.2. The van der Waals surface area contributed by atoms with Crippen molar-refractivity contribution in [2.24, 2.45) is 47.2 Å². The van der Waals surface area contributed by atoms with Gasteiger partial charge in [-0.15, -0.1) is 18.3 Å². The van der Waals surface area contributed by atoms with Crippen LogP contribution < -0.4 is 27.0 Å². The highest BCUT2D eigenvalue weighted by atomic mass is 127. The van der Waals surface area contributed by atoms with E-state index in [4.69, 9.17) is 15.2 Å². The molecule has 0 spiro atoms. The molecule has 4 saturated heterocycles. The van der Waals surface area contributed by atoms with Crippen molar-refractivity contribution in [1.29, 1.82) is 0 Å². The molecule has 17 atom stereocenters. The third-order valence-corrected chi connectivity index (χ3v) is 19.5. The topological polar surface area (TPSA) is 180 Å². The van der Waals surface area contributed by atoms with Crippen LogP contribution in [-0.2, 0) is 9.47 Å². The van der Waals surface area contributed by atoms with Gasteiger partial charge >= 0.3 is 0 Å². The molecule has 4 fully saturated rings. The van der Waals surface area contributed by atoms with E-state index in [0.717, 1.165) is 68.8 Å². The molecule has 11 unspecified atom stereocenters. The zero-order chi connectivity index (χ0) is 45.9. The monoisotopic (exact) mass is 1050 g/mol. The fraction of sp³-hybridized carbons (Fsp3) is 0.830. The van der Waals surface area contributed by atoms with Gasteiger partial charge in [-0.3, -0.25) is 25.8 Å². The number of hydrogen-bond donors (Lipinski definition) is 9. The lowest BCUT2D eigenvalue weighted by atomic mass is 9.73. The number of ether oxygens (including phenoxy) is 2. The van der Waals surface area contributed by atoms with Crippen molar-refractivity contribution < 1.29 is 34.3 Å². The summed E-state index contributed by atoms with van der Waals surface area (Å²) < 4.78 is 29.1. The third kappa shape index (κ3) is 11.2. The van der Waals surface area contributed by atoms with Crippen molar-refractivity contribution in [2.45, 2.75) is 158 Å². The van der Waals surface area contributed by atoms with Gasteiger partial charge in [0.05, 0.1) is 29.5 Å². The summed E-state index contributed by atoms with van der Waals surface area (Å²) in [6.07, 6.45) is 12.5. The minimum absolute atomic E-state index is 0.00768. The molecule has 0 radical (unpaired) electrons. The number of allylic oxidation sites excluding steroid dienone is 2. The van der Waals surface area contributed by atoms with Crippen LogP contribution in [0.3, 0.4) is 0 Å². The predicted octanol–water partition coefficient (Wildman–Crippen LogP) is 4.74. The molecule has 10 N–H and O–H groups in total. The molecule has 13 nitrogen and oxygen atoms in total. The van der Waals surface area contributed by atoms with Gasteiger partial charge in [0.1, 0.15) is 18.3 Å². The number of nitrogens with two attached hydrogens (primary N) is 1. The Morgan fingerprint density at radius 1 is 1.19 bits per heavy atom. The number of hydrogen-bond acceptors (Lipinski definition) is 15. The summed E-state index contributed by atoms with van der Waals surface area (Å²) in [6.45, 7) is 17.1. The minimum atomic E-state index is -1.42. The summed E-state index contributed by atoms with van der Waals surface area (Å²) in [5, 5.41) is 54.8. The van der Waals surface area contributed by atoms with Crippen LogP contribution in [0.15, 0.2) is 47.2 Å². The molecule has 5 heterocycles. The minimum Gasteiger partial charge on any atom is -0.377 e. The van der Waals surface area contributed by atoms with E-state index in [1.54, 1.807) is 0 Å². The molecule has 0 bridgehead atoms. The Kier molecular flexibility index (Phi) is 18.7. The number of nitrogens with zero attached hydrogens (tertiary/aromatic N) is 2. The van der Waals surface area contributed by atoms with Crippen molar-refractivity contribution in [3.63, 3.8) is 0 Å². The van der Waals surface area contributed by atoms with Crippen LogP contribution in [0.4, 0.5) is 4.39 Å². The Labute approximate surface area is 402 Å². The number of aliphatic hydroxyl groups is 4. The van der Waals surface area contributed by atoms with Gasteiger partial charge in [-0.1, -0.05) is 53.5 Å². The highest BCUT2D eigenvalue weighted by Gasteiger charge is 2.58. The van der Waals surface area contributed by atoms with Gasteiger partial charge in [-0.2, -0.15) is 0 Å². The smallest absolute Gasteiger partial charge is 0.213 e. The van der Waals surface area contributed by atoms with E-state index < -0.39 is 25.0 Å². The number of halogens is 2. The number of nitrogens with one attached hydrogen (secondary N) is 4. The lowest BCUT2D eigenvalue weighted by molar-refractivity contribution is -0.176. The van der Waals surface area contributed by atoms with Crippen LogP contribution in [0.2, 0.25) is 0 Å². The molecular weight excluding hydrogens is 969 g/mol. The number of likely N-dealkylation sites (tertiary alicyclic amines) is 1. The Morgan fingerprint density at radius 3 is 2.67 bits per heavy atom. The van der Waals surface area contributed by atoms with Gasteiger partial charge in [-0.05, 0) is 141 Å². The quantitative estimate of drug-likeness (QED) is 0.0314. The standard InChI is InChI=1S/C47H79FIN7O6S2/c1-7-28(10-8-16-51-43(57)41(26(2)3)54-46(60)61-6)32(24-50)29-11-12-35-31(20-29)22-36-40-33(48)21-30(23-37(40)62-44(56(35)36)38-13-14-39(64-38)45(58)59)34-25-52-42(53-34)27(4)47(5)15-9-17-55(47)18-19-63-49/h7,11,13,21,26-28,30-32,34-37,39-46,51-54,57-60H,1,8-10,12,14-20,22-25,50H2,2-6H3/t27?,28?,30-,31+,32?,34?,35+,36?,37?,39?,40?,41+,42?,43-,44?,46?,47-/m1/s1. The molecule has 5 aliphatic heterocycles. The molecule has 0 aromatic heterocycles. The van der Waals surface area contributed by atoms with E-state index in [0.29, 0.717) is 31.3 Å². The van der Waals surface area contributed by atoms with Gasteiger partial charge in [0.15, 0.2) is 6.29 Å². The lowest BCUT2D eigenvalue weighted by Gasteiger charge is -2.51. The average Bonchev–Trinajstić information content (AvgIpc) is 4.11. The van der Waals surface area contributed by atoms with Gasteiger partial charge in [0, 0.05) is 60.4 Å². The zero-order valence-corrected chi connectivity index (χ0v) is 42.5. The van der Waals surface area contributed by atoms with Crippen LogP contribution in [0.5, 0.6) is 0 Å². The van der Waals surface area contributed by atoms with Crippen LogP contribution in [0.25, 0.3) is 0 Å². The summed E-state index contributed by atoms with van der Waals surface area (Å²) in [5.74, 6) is 1.75. The SMILES string of the molecule is C=CC(CCCN[C@H](O)[C@@H](NC(O)OC)C(C)C)C(CN)C1=CC[C@H]2[C@@H](C1)CC1C3C(F)=C[C@@H](C4CNC(C(C)[C@@]5(C)CCCN5CCSI)N4)CC3OC(C3=CCC(C(O)O)S3)N12. The van der Waals surface area contributed by atoms with E-state index >= 15 is 4.39 Å². The van der Waals surface area contributed by atoms with E-state index in [2.05, 4.69) is 84.9 Å². The second-order valence-electron chi connectivity index (χ2n) is 20.2. The Morgan fingerprint density at radius 2 is 1.98 bits per heavy atom. The lowest BCUT2D eigenvalue weighted by Crippen LogP contribution is -2.60. The summed E-state index contributed by atoms with van der Waals surface area (Å²) >= 11 is 3.91. The molecule has 7 aliphatic rings. The number of rotatable bonds is 22. The van der Waals surface area contributed by atoms with Crippen molar-refractivity contribution in [3.8, 4) is 0 Å². The molecule has 0 amide bonds. The summed E-state index contributed by atoms with van der Waals surface area (Å²) in [6, 6.07) is -0.151. The fourth-order valence-electron chi connectivity index (χ4n) is 12.7. The predicted molar refractivity (Wildman–Crippen MR) is 264 cm³/mol. The first kappa shape index (κ1) is 51.6.